The van der Waals surface area contributed by atoms with Gasteiger partial charge in [-0.2, -0.15) is 0 Å². The van der Waals surface area contributed by atoms with Crippen LogP contribution in [0.4, 0.5) is 0 Å². The fourth-order valence-electron chi connectivity index (χ4n) is 3.57. The predicted octanol–water partition coefficient (Wildman–Crippen LogP) is 1.94. The average molecular weight is 321 g/mol. The van der Waals surface area contributed by atoms with Gasteiger partial charge in [-0.05, 0) is 58.5 Å². The van der Waals surface area contributed by atoms with Gasteiger partial charge in [0.25, 0.3) is 5.91 Å². The molecule has 0 radical (unpaired) electrons. The maximum atomic E-state index is 12.9. The SMILES string of the molecule is CN(C)C[C@@H]1CCCN1C(=O)c1cc2c(s1)CCN(C)CC2. The molecule has 1 amide bonds. The van der Waals surface area contributed by atoms with Gasteiger partial charge in [0.1, 0.15) is 0 Å². The number of fused-ring (bicyclic) bond motifs is 1. The predicted molar refractivity (Wildman–Crippen MR) is 91.8 cm³/mol. The van der Waals surface area contributed by atoms with Crippen molar-refractivity contribution in [2.24, 2.45) is 0 Å². The lowest BCUT2D eigenvalue weighted by atomic mass is 10.1. The molecule has 1 aromatic heterocycles. The van der Waals surface area contributed by atoms with E-state index in [2.05, 4.69) is 41.9 Å². The molecule has 0 spiro atoms. The van der Waals surface area contributed by atoms with E-state index in [0.29, 0.717) is 6.04 Å². The first-order valence-corrected chi connectivity index (χ1v) is 9.12. The Morgan fingerprint density at radius 1 is 1.32 bits per heavy atom. The zero-order chi connectivity index (χ0) is 15.7. The number of amides is 1. The molecule has 0 bridgehead atoms. The number of likely N-dealkylation sites (N-methyl/N-ethyl adjacent to an activating group) is 2. The quantitative estimate of drug-likeness (QED) is 0.851. The molecule has 0 aromatic carbocycles. The van der Waals surface area contributed by atoms with Crippen LogP contribution in [0.5, 0.6) is 0 Å². The number of thiophene rings is 1. The molecule has 0 N–H and O–H groups in total. The molecule has 1 saturated heterocycles. The van der Waals surface area contributed by atoms with Crippen LogP contribution in [0.2, 0.25) is 0 Å². The smallest absolute Gasteiger partial charge is 0.264 e. The van der Waals surface area contributed by atoms with Gasteiger partial charge in [0.05, 0.1) is 4.88 Å². The normalized spacial score (nSPS) is 22.9. The van der Waals surface area contributed by atoms with Gasteiger partial charge in [-0.3, -0.25) is 4.79 Å². The molecule has 0 aliphatic carbocycles. The summed E-state index contributed by atoms with van der Waals surface area (Å²) in [5.41, 5.74) is 1.40. The van der Waals surface area contributed by atoms with Crippen LogP contribution in [0.25, 0.3) is 0 Å². The van der Waals surface area contributed by atoms with Crippen LogP contribution in [0.3, 0.4) is 0 Å². The lowest BCUT2D eigenvalue weighted by molar-refractivity contribution is 0.0721. The van der Waals surface area contributed by atoms with Gasteiger partial charge in [-0.1, -0.05) is 0 Å². The van der Waals surface area contributed by atoms with Crippen molar-refractivity contribution in [3.8, 4) is 0 Å². The molecule has 22 heavy (non-hydrogen) atoms. The molecule has 3 rings (SSSR count). The molecular weight excluding hydrogens is 294 g/mol. The summed E-state index contributed by atoms with van der Waals surface area (Å²) in [4.78, 5) is 22.0. The largest absolute Gasteiger partial charge is 0.334 e. The van der Waals surface area contributed by atoms with E-state index in [-0.39, 0.29) is 5.91 Å². The monoisotopic (exact) mass is 321 g/mol. The van der Waals surface area contributed by atoms with Gasteiger partial charge in [0, 0.05) is 37.1 Å². The molecule has 122 valence electrons. The van der Waals surface area contributed by atoms with E-state index in [4.69, 9.17) is 0 Å². The van der Waals surface area contributed by atoms with Crippen LogP contribution in [0, 0.1) is 0 Å². The number of nitrogens with zero attached hydrogens (tertiary/aromatic N) is 3. The molecule has 2 aliphatic heterocycles. The zero-order valence-electron chi connectivity index (χ0n) is 14.0. The van der Waals surface area contributed by atoms with Crippen molar-refractivity contribution in [2.75, 3.05) is 47.3 Å². The Morgan fingerprint density at radius 2 is 2.09 bits per heavy atom. The molecule has 1 aromatic rings. The zero-order valence-corrected chi connectivity index (χ0v) is 14.8. The number of likely N-dealkylation sites (tertiary alicyclic amines) is 1. The fourth-order valence-corrected chi connectivity index (χ4v) is 4.72. The Morgan fingerprint density at radius 3 is 2.86 bits per heavy atom. The van der Waals surface area contributed by atoms with Crippen LogP contribution in [0.1, 0.15) is 33.0 Å². The van der Waals surface area contributed by atoms with E-state index >= 15 is 0 Å². The van der Waals surface area contributed by atoms with Gasteiger partial charge in [0.15, 0.2) is 0 Å². The summed E-state index contributed by atoms with van der Waals surface area (Å²) in [6, 6.07) is 2.56. The Bertz CT molecular complexity index is 515. The lowest BCUT2D eigenvalue weighted by Gasteiger charge is -2.26. The van der Waals surface area contributed by atoms with E-state index in [1.807, 2.05) is 0 Å². The number of hydrogen-bond donors (Lipinski definition) is 0. The van der Waals surface area contributed by atoms with Crippen molar-refractivity contribution >= 4 is 17.2 Å². The second-order valence-electron chi connectivity index (χ2n) is 6.92. The first-order chi connectivity index (χ1) is 10.5. The summed E-state index contributed by atoms with van der Waals surface area (Å²) in [7, 11) is 6.36. The van der Waals surface area contributed by atoms with Crippen molar-refractivity contribution in [1.82, 2.24) is 14.7 Å². The molecule has 5 heteroatoms. The summed E-state index contributed by atoms with van der Waals surface area (Å²) in [6.07, 6.45) is 4.45. The Labute approximate surface area is 137 Å². The maximum absolute atomic E-state index is 12.9. The average Bonchev–Trinajstić information content (AvgIpc) is 3.05. The number of hydrogen-bond acceptors (Lipinski definition) is 4. The Kier molecular flexibility index (Phi) is 4.85. The minimum absolute atomic E-state index is 0.260. The van der Waals surface area contributed by atoms with Crippen LogP contribution >= 0.6 is 11.3 Å². The van der Waals surface area contributed by atoms with Crippen molar-refractivity contribution < 1.29 is 4.79 Å². The third-order valence-electron chi connectivity index (χ3n) is 4.80. The molecule has 1 fully saturated rings. The highest BCUT2D eigenvalue weighted by molar-refractivity contribution is 7.14. The first-order valence-electron chi connectivity index (χ1n) is 8.30. The maximum Gasteiger partial charge on any atom is 0.264 e. The van der Waals surface area contributed by atoms with E-state index in [1.54, 1.807) is 11.3 Å². The summed E-state index contributed by atoms with van der Waals surface area (Å²) >= 11 is 1.74. The summed E-state index contributed by atoms with van der Waals surface area (Å²) in [5, 5.41) is 0. The van der Waals surface area contributed by atoms with Crippen LogP contribution < -0.4 is 0 Å². The third kappa shape index (κ3) is 3.36. The van der Waals surface area contributed by atoms with Crippen molar-refractivity contribution in [3.63, 3.8) is 0 Å². The summed E-state index contributed by atoms with van der Waals surface area (Å²) < 4.78 is 0. The molecule has 4 nitrogen and oxygen atoms in total. The van der Waals surface area contributed by atoms with E-state index in [9.17, 15) is 4.79 Å². The highest BCUT2D eigenvalue weighted by Gasteiger charge is 2.31. The minimum Gasteiger partial charge on any atom is -0.334 e. The lowest BCUT2D eigenvalue weighted by Crippen LogP contribution is -2.41. The molecular formula is C17H27N3OS. The molecule has 2 aliphatic rings. The number of carbonyl (C=O) groups excluding carboxylic acids is 1. The highest BCUT2D eigenvalue weighted by Crippen LogP contribution is 2.29. The van der Waals surface area contributed by atoms with E-state index in [0.717, 1.165) is 56.7 Å². The minimum atomic E-state index is 0.260. The number of rotatable bonds is 3. The van der Waals surface area contributed by atoms with Gasteiger partial charge in [-0.15, -0.1) is 11.3 Å². The molecule has 0 unspecified atom stereocenters. The highest BCUT2D eigenvalue weighted by atomic mass is 32.1. The first kappa shape index (κ1) is 16.0. The van der Waals surface area contributed by atoms with Crippen LogP contribution in [0.15, 0.2) is 6.07 Å². The fraction of sp³-hybridized carbons (Fsp3) is 0.706. The molecule has 3 heterocycles. The van der Waals surface area contributed by atoms with Crippen LogP contribution in [-0.4, -0.2) is 74.0 Å². The molecule has 1 atom stereocenters. The Balaban J connectivity index is 1.74. The van der Waals surface area contributed by atoms with Gasteiger partial charge < -0.3 is 14.7 Å². The second-order valence-corrected chi connectivity index (χ2v) is 8.06. The standard InChI is InChI=1S/C17H27N3OS/c1-18(2)12-14-5-4-8-20(14)17(21)16-11-13-6-9-19(3)10-7-15(13)22-16/h11,14H,4-10,12H2,1-3H3/t14-/m0/s1. The van der Waals surface area contributed by atoms with E-state index in [1.165, 1.54) is 10.4 Å². The summed E-state index contributed by atoms with van der Waals surface area (Å²) in [5.74, 6) is 0.260. The van der Waals surface area contributed by atoms with E-state index < -0.39 is 0 Å². The third-order valence-corrected chi connectivity index (χ3v) is 6.03. The van der Waals surface area contributed by atoms with Gasteiger partial charge in [-0.25, -0.2) is 0 Å². The van der Waals surface area contributed by atoms with Crippen LogP contribution in [-0.2, 0) is 12.8 Å². The van der Waals surface area contributed by atoms with Crippen molar-refractivity contribution in [1.29, 1.82) is 0 Å². The Hall–Kier alpha value is -0.910. The van der Waals surface area contributed by atoms with Gasteiger partial charge in [0.2, 0.25) is 0 Å². The second kappa shape index (κ2) is 6.69. The summed E-state index contributed by atoms with van der Waals surface area (Å²) in [6.45, 7) is 4.10. The van der Waals surface area contributed by atoms with Crippen molar-refractivity contribution in [3.05, 3.63) is 21.4 Å². The van der Waals surface area contributed by atoms with Gasteiger partial charge >= 0.3 is 0 Å². The number of carbonyl (C=O) groups is 1. The van der Waals surface area contributed by atoms with Crippen molar-refractivity contribution in [2.45, 2.75) is 31.7 Å². The topological polar surface area (TPSA) is 26.8 Å². The molecule has 0 saturated carbocycles.